The number of rotatable bonds is 2. The summed E-state index contributed by atoms with van der Waals surface area (Å²) < 4.78 is 0. The highest BCUT2D eigenvalue weighted by Crippen LogP contribution is 2.57. The highest BCUT2D eigenvalue weighted by molar-refractivity contribution is 4.99. The minimum atomic E-state index is 0.770. The highest BCUT2D eigenvalue weighted by atomic mass is 15.1. The molecular formula is C15H26N2. The average molecular weight is 234 g/mol. The first-order valence-electron chi connectivity index (χ1n) is 7.82. The SMILES string of the molecule is C1CNC(CC2C3CC4CC(C3)CC2C4)CN1. The lowest BCUT2D eigenvalue weighted by atomic mass is 9.51. The summed E-state index contributed by atoms with van der Waals surface area (Å²) in [4.78, 5) is 0. The van der Waals surface area contributed by atoms with E-state index >= 15 is 0 Å². The van der Waals surface area contributed by atoms with Crippen LogP contribution in [0.4, 0.5) is 0 Å². The summed E-state index contributed by atoms with van der Waals surface area (Å²) in [6.07, 6.45) is 9.37. The van der Waals surface area contributed by atoms with Crippen LogP contribution in [0.3, 0.4) is 0 Å². The summed E-state index contributed by atoms with van der Waals surface area (Å²) in [5.74, 6) is 5.54. The maximum atomic E-state index is 3.72. The molecule has 1 saturated heterocycles. The highest BCUT2D eigenvalue weighted by Gasteiger charge is 2.48. The zero-order valence-electron chi connectivity index (χ0n) is 10.8. The Labute approximate surface area is 105 Å². The number of hydrogen-bond donors (Lipinski definition) is 2. The Morgan fingerprint density at radius 3 is 2.12 bits per heavy atom. The number of hydrogen-bond acceptors (Lipinski definition) is 2. The first-order valence-corrected chi connectivity index (χ1v) is 7.82. The van der Waals surface area contributed by atoms with E-state index in [1.807, 2.05) is 0 Å². The molecule has 0 amide bonds. The van der Waals surface area contributed by atoms with Crippen molar-refractivity contribution >= 4 is 0 Å². The van der Waals surface area contributed by atoms with Crippen LogP contribution in [0, 0.1) is 29.6 Å². The maximum absolute atomic E-state index is 3.72. The molecule has 5 fully saturated rings. The van der Waals surface area contributed by atoms with Gasteiger partial charge < -0.3 is 10.6 Å². The molecule has 2 N–H and O–H groups in total. The molecule has 2 heteroatoms. The van der Waals surface area contributed by atoms with Gasteiger partial charge in [-0.2, -0.15) is 0 Å². The molecule has 0 aromatic rings. The summed E-state index contributed by atoms with van der Waals surface area (Å²) in [5, 5.41) is 7.26. The van der Waals surface area contributed by atoms with Crippen molar-refractivity contribution in [3.05, 3.63) is 0 Å². The van der Waals surface area contributed by atoms with Crippen LogP contribution in [0.2, 0.25) is 0 Å². The van der Waals surface area contributed by atoms with Gasteiger partial charge in [-0.05, 0) is 68.1 Å². The summed E-state index contributed by atoms with van der Waals surface area (Å²) in [6.45, 7) is 3.55. The summed E-state index contributed by atoms with van der Waals surface area (Å²) in [6, 6.07) is 0.770. The van der Waals surface area contributed by atoms with Crippen molar-refractivity contribution in [2.45, 2.75) is 44.6 Å². The van der Waals surface area contributed by atoms with E-state index in [1.54, 1.807) is 32.1 Å². The van der Waals surface area contributed by atoms with Gasteiger partial charge in [-0.15, -0.1) is 0 Å². The van der Waals surface area contributed by atoms with Gasteiger partial charge >= 0.3 is 0 Å². The van der Waals surface area contributed by atoms with Crippen LogP contribution in [0.5, 0.6) is 0 Å². The van der Waals surface area contributed by atoms with E-state index < -0.39 is 0 Å². The third kappa shape index (κ3) is 1.94. The molecule has 0 aromatic carbocycles. The van der Waals surface area contributed by atoms with Gasteiger partial charge in [-0.3, -0.25) is 0 Å². The Morgan fingerprint density at radius 1 is 0.824 bits per heavy atom. The van der Waals surface area contributed by atoms with E-state index in [1.165, 1.54) is 19.5 Å². The molecule has 5 aliphatic rings. The maximum Gasteiger partial charge on any atom is 0.0195 e. The van der Waals surface area contributed by atoms with Crippen molar-refractivity contribution < 1.29 is 0 Å². The third-order valence-electron chi connectivity index (χ3n) is 6.10. The standard InChI is InChI=1S/C15H26N2/c1-2-17-14(9-16-1)8-15-12-4-10-3-11(6-12)7-13(15)5-10/h10-17H,1-9H2. The van der Waals surface area contributed by atoms with Gasteiger partial charge in [0.15, 0.2) is 0 Å². The lowest BCUT2D eigenvalue weighted by Gasteiger charge is -2.55. The van der Waals surface area contributed by atoms with Crippen LogP contribution < -0.4 is 10.6 Å². The second kappa shape index (κ2) is 4.24. The molecule has 4 aliphatic carbocycles. The summed E-state index contributed by atoms with van der Waals surface area (Å²) in [5.41, 5.74) is 0. The van der Waals surface area contributed by atoms with Crippen molar-refractivity contribution in [2.24, 2.45) is 29.6 Å². The Bertz CT molecular complexity index is 255. The van der Waals surface area contributed by atoms with Crippen molar-refractivity contribution in [3.8, 4) is 0 Å². The number of piperazine rings is 1. The predicted octanol–water partition coefficient (Wildman–Crippen LogP) is 2.01. The molecule has 96 valence electrons. The van der Waals surface area contributed by atoms with Gasteiger partial charge in [0, 0.05) is 25.7 Å². The topological polar surface area (TPSA) is 24.1 Å². The van der Waals surface area contributed by atoms with Gasteiger partial charge in [0.1, 0.15) is 0 Å². The van der Waals surface area contributed by atoms with E-state index in [0.717, 1.165) is 42.2 Å². The quantitative estimate of drug-likeness (QED) is 0.764. The molecule has 1 unspecified atom stereocenters. The van der Waals surface area contributed by atoms with Crippen molar-refractivity contribution in [2.75, 3.05) is 19.6 Å². The Morgan fingerprint density at radius 2 is 1.53 bits per heavy atom. The van der Waals surface area contributed by atoms with Gasteiger partial charge in [-0.25, -0.2) is 0 Å². The fourth-order valence-corrected chi connectivity index (χ4v) is 5.63. The zero-order valence-corrected chi connectivity index (χ0v) is 10.8. The van der Waals surface area contributed by atoms with Crippen LogP contribution >= 0.6 is 0 Å². The second-order valence-corrected chi connectivity index (χ2v) is 7.19. The molecule has 1 atom stereocenters. The molecule has 1 heterocycles. The Kier molecular flexibility index (Phi) is 2.69. The monoisotopic (exact) mass is 234 g/mol. The fraction of sp³-hybridized carbons (Fsp3) is 1.00. The fourth-order valence-electron chi connectivity index (χ4n) is 5.63. The molecule has 17 heavy (non-hydrogen) atoms. The summed E-state index contributed by atoms with van der Waals surface area (Å²) in [7, 11) is 0. The smallest absolute Gasteiger partial charge is 0.0195 e. The molecule has 0 radical (unpaired) electrons. The van der Waals surface area contributed by atoms with Crippen LogP contribution in [0.15, 0.2) is 0 Å². The van der Waals surface area contributed by atoms with E-state index in [-0.39, 0.29) is 0 Å². The van der Waals surface area contributed by atoms with E-state index in [0.29, 0.717) is 0 Å². The largest absolute Gasteiger partial charge is 0.314 e. The molecule has 2 nitrogen and oxygen atoms in total. The normalized spacial score (nSPS) is 52.9. The molecular weight excluding hydrogens is 208 g/mol. The first kappa shape index (κ1) is 10.8. The van der Waals surface area contributed by atoms with Gasteiger partial charge in [-0.1, -0.05) is 0 Å². The van der Waals surface area contributed by atoms with Crippen LogP contribution in [-0.2, 0) is 0 Å². The van der Waals surface area contributed by atoms with Gasteiger partial charge in [0.25, 0.3) is 0 Å². The zero-order chi connectivity index (χ0) is 11.2. The average Bonchev–Trinajstić information content (AvgIpc) is 2.34. The number of nitrogens with one attached hydrogen (secondary N) is 2. The second-order valence-electron chi connectivity index (χ2n) is 7.19. The summed E-state index contributed by atoms with van der Waals surface area (Å²) >= 11 is 0. The van der Waals surface area contributed by atoms with Crippen molar-refractivity contribution in [1.29, 1.82) is 0 Å². The molecule has 0 spiro atoms. The van der Waals surface area contributed by atoms with E-state index in [4.69, 9.17) is 0 Å². The van der Waals surface area contributed by atoms with Crippen LogP contribution in [0.25, 0.3) is 0 Å². The molecule has 0 aromatic heterocycles. The van der Waals surface area contributed by atoms with Gasteiger partial charge in [0.05, 0.1) is 0 Å². The molecule has 4 saturated carbocycles. The first-order chi connectivity index (χ1) is 8.38. The molecule has 1 aliphatic heterocycles. The van der Waals surface area contributed by atoms with E-state index in [9.17, 15) is 0 Å². The minimum absolute atomic E-state index is 0.770. The van der Waals surface area contributed by atoms with Crippen molar-refractivity contribution in [3.63, 3.8) is 0 Å². The third-order valence-corrected chi connectivity index (χ3v) is 6.10. The lowest BCUT2D eigenvalue weighted by Crippen LogP contribution is -2.52. The lowest BCUT2D eigenvalue weighted by molar-refractivity contribution is -0.0435. The van der Waals surface area contributed by atoms with Crippen LogP contribution in [-0.4, -0.2) is 25.7 Å². The van der Waals surface area contributed by atoms with E-state index in [2.05, 4.69) is 10.6 Å². The van der Waals surface area contributed by atoms with Crippen molar-refractivity contribution in [1.82, 2.24) is 10.6 Å². The minimum Gasteiger partial charge on any atom is -0.314 e. The van der Waals surface area contributed by atoms with Crippen LogP contribution in [0.1, 0.15) is 38.5 Å². The Balaban J connectivity index is 1.43. The Hall–Kier alpha value is -0.0800. The predicted molar refractivity (Wildman–Crippen MR) is 69.8 cm³/mol. The molecule has 5 rings (SSSR count). The van der Waals surface area contributed by atoms with Gasteiger partial charge in [0.2, 0.25) is 0 Å². The molecule has 4 bridgehead atoms.